The Bertz CT molecular complexity index is 555. The Balaban J connectivity index is 0.00000242. The van der Waals surface area contributed by atoms with Gasteiger partial charge in [-0.1, -0.05) is 13.8 Å². The van der Waals surface area contributed by atoms with Crippen LogP contribution in [0.3, 0.4) is 0 Å². The third-order valence-corrected chi connectivity index (χ3v) is 4.71. The van der Waals surface area contributed by atoms with E-state index in [1.54, 1.807) is 0 Å². The van der Waals surface area contributed by atoms with Crippen molar-refractivity contribution in [1.82, 2.24) is 10.6 Å². The molecule has 1 aliphatic rings. The quantitative estimate of drug-likeness (QED) is 0.764. The topological polar surface area (TPSA) is 41.1 Å². The van der Waals surface area contributed by atoms with Crippen LogP contribution in [0.5, 0.6) is 0 Å². The van der Waals surface area contributed by atoms with E-state index < -0.39 is 17.5 Å². The van der Waals surface area contributed by atoms with Gasteiger partial charge in [-0.3, -0.25) is 4.79 Å². The molecule has 124 valence electrons. The lowest BCUT2D eigenvalue weighted by Gasteiger charge is -2.39. The number of carbonyl (C=O) groups excluding carboxylic acids is 1. The molecule has 3 nitrogen and oxygen atoms in total. The summed E-state index contributed by atoms with van der Waals surface area (Å²) in [6.07, 6.45) is 2.21. The molecule has 0 aliphatic carbocycles. The monoisotopic (exact) mass is 396 g/mol. The van der Waals surface area contributed by atoms with Gasteiger partial charge in [0.05, 0.1) is 5.56 Å². The molecule has 0 bridgehead atoms. The summed E-state index contributed by atoms with van der Waals surface area (Å²) in [5.74, 6) is -2.42. The van der Waals surface area contributed by atoms with E-state index in [0.29, 0.717) is 6.54 Å². The smallest absolute Gasteiger partial charge is 0.252 e. The molecule has 0 saturated carbocycles. The average molecular weight is 398 g/mol. The summed E-state index contributed by atoms with van der Waals surface area (Å²) in [4.78, 5) is 12.1. The maximum atomic E-state index is 13.2. The molecular formula is C15H20BrClF2N2O. The van der Waals surface area contributed by atoms with Crippen LogP contribution in [0, 0.1) is 17.0 Å². The SMILES string of the molecule is CC1(C)CCCNC1CNC(=O)c1cc(F)c(F)cc1Br.Cl. The average Bonchev–Trinajstić information content (AvgIpc) is 2.41. The van der Waals surface area contributed by atoms with Gasteiger partial charge in [-0.2, -0.15) is 0 Å². The minimum atomic E-state index is -1.03. The summed E-state index contributed by atoms with van der Waals surface area (Å²) < 4.78 is 26.5. The van der Waals surface area contributed by atoms with Crippen molar-refractivity contribution in [2.24, 2.45) is 5.41 Å². The second-order valence-corrected chi connectivity index (χ2v) is 6.91. The van der Waals surface area contributed by atoms with Gasteiger partial charge in [0.1, 0.15) is 0 Å². The van der Waals surface area contributed by atoms with Crippen LogP contribution in [-0.4, -0.2) is 25.0 Å². The van der Waals surface area contributed by atoms with Gasteiger partial charge in [0, 0.05) is 17.1 Å². The molecule has 1 aromatic carbocycles. The zero-order valence-corrected chi connectivity index (χ0v) is 14.9. The Morgan fingerprint density at radius 2 is 2.05 bits per heavy atom. The minimum absolute atomic E-state index is 0. The van der Waals surface area contributed by atoms with E-state index in [0.717, 1.165) is 31.5 Å². The Morgan fingerprint density at radius 1 is 1.41 bits per heavy atom. The standard InChI is InChI=1S/C15H19BrF2N2O.ClH/c1-15(2)4-3-5-19-13(15)8-20-14(21)9-6-11(17)12(18)7-10(9)16;/h6-7,13,19H,3-5,8H2,1-2H3,(H,20,21);1H. The molecule has 22 heavy (non-hydrogen) atoms. The molecule has 0 aromatic heterocycles. The molecular weight excluding hydrogens is 378 g/mol. The Kier molecular flexibility index (Phi) is 6.77. The van der Waals surface area contributed by atoms with Crippen LogP contribution in [0.25, 0.3) is 0 Å². The lowest BCUT2D eigenvalue weighted by Crippen LogP contribution is -2.52. The Labute approximate surface area is 143 Å². The first-order valence-corrected chi connectivity index (χ1v) is 7.77. The van der Waals surface area contributed by atoms with Gasteiger partial charge >= 0.3 is 0 Å². The molecule has 2 N–H and O–H groups in total. The van der Waals surface area contributed by atoms with Gasteiger partial charge in [0.25, 0.3) is 5.91 Å². The van der Waals surface area contributed by atoms with Gasteiger partial charge in [0.2, 0.25) is 0 Å². The van der Waals surface area contributed by atoms with E-state index >= 15 is 0 Å². The number of nitrogens with one attached hydrogen (secondary N) is 2. The van der Waals surface area contributed by atoms with E-state index in [1.807, 2.05) is 0 Å². The highest BCUT2D eigenvalue weighted by atomic mass is 79.9. The predicted molar refractivity (Wildman–Crippen MR) is 88.4 cm³/mol. The lowest BCUT2D eigenvalue weighted by molar-refractivity contribution is 0.0927. The highest BCUT2D eigenvalue weighted by Gasteiger charge is 2.32. The predicted octanol–water partition coefficient (Wildman–Crippen LogP) is 3.66. The molecule has 2 rings (SSSR count). The number of hydrogen-bond acceptors (Lipinski definition) is 2. The zero-order chi connectivity index (χ0) is 15.6. The summed E-state index contributed by atoms with van der Waals surface area (Å²) in [6.45, 7) is 5.70. The third kappa shape index (κ3) is 4.40. The number of halogens is 4. The second-order valence-electron chi connectivity index (χ2n) is 6.06. The van der Waals surface area contributed by atoms with Crippen molar-refractivity contribution in [2.45, 2.75) is 32.7 Å². The van der Waals surface area contributed by atoms with Crippen molar-refractivity contribution >= 4 is 34.2 Å². The van der Waals surface area contributed by atoms with E-state index in [4.69, 9.17) is 0 Å². The van der Waals surface area contributed by atoms with Crippen LogP contribution in [0.15, 0.2) is 16.6 Å². The summed E-state index contributed by atoms with van der Waals surface area (Å²) in [5.41, 5.74) is 0.194. The molecule has 0 spiro atoms. The van der Waals surface area contributed by atoms with Crippen LogP contribution in [-0.2, 0) is 0 Å². The summed E-state index contributed by atoms with van der Waals surface area (Å²) in [7, 11) is 0. The molecule has 1 heterocycles. The molecule has 1 unspecified atom stereocenters. The molecule has 1 fully saturated rings. The number of benzene rings is 1. The summed E-state index contributed by atoms with van der Waals surface area (Å²) in [5, 5.41) is 6.18. The van der Waals surface area contributed by atoms with Crippen LogP contribution >= 0.6 is 28.3 Å². The largest absolute Gasteiger partial charge is 0.350 e. The molecule has 7 heteroatoms. The molecule has 1 aliphatic heterocycles. The Morgan fingerprint density at radius 3 is 2.68 bits per heavy atom. The van der Waals surface area contributed by atoms with E-state index in [9.17, 15) is 13.6 Å². The fourth-order valence-electron chi connectivity index (χ4n) is 2.61. The van der Waals surface area contributed by atoms with E-state index in [1.165, 1.54) is 0 Å². The first kappa shape index (κ1) is 19.3. The molecule has 0 radical (unpaired) electrons. The Hall–Kier alpha value is -0.720. The number of rotatable bonds is 3. The fraction of sp³-hybridized carbons (Fsp3) is 0.533. The van der Waals surface area contributed by atoms with E-state index in [-0.39, 0.29) is 33.9 Å². The van der Waals surface area contributed by atoms with Crippen molar-refractivity contribution in [3.63, 3.8) is 0 Å². The number of piperidine rings is 1. The first-order valence-electron chi connectivity index (χ1n) is 6.97. The van der Waals surface area contributed by atoms with Gasteiger partial charge in [-0.05, 0) is 52.9 Å². The second kappa shape index (κ2) is 7.70. The van der Waals surface area contributed by atoms with Crippen LogP contribution in [0.1, 0.15) is 37.0 Å². The molecule has 1 amide bonds. The van der Waals surface area contributed by atoms with Crippen LogP contribution < -0.4 is 10.6 Å². The van der Waals surface area contributed by atoms with Crippen molar-refractivity contribution < 1.29 is 13.6 Å². The summed E-state index contributed by atoms with van der Waals surface area (Å²) in [6, 6.07) is 2.04. The van der Waals surface area contributed by atoms with E-state index in [2.05, 4.69) is 40.4 Å². The highest BCUT2D eigenvalue weighted by molar-refractivity contribution is 9.10. The van der Waals surface area contributed by atoms with Gasteiger partial charge in [-0.15, -0.1) is 12.4 Å². The zero-order valence-electron chi connectivity index (χ0n) is 12.5. The molecule has 1 saturated heterocycles. The minimum Gasteiger partial charge on any atom is -0.350 e. The highest BCUT2D eigenvalue weighted by Crippen LogP contribution is 2.29. The van der Waals surface area contributed by atoms with Crippen molar-refractivity contribution in [2.75, 3.05) is 13.1 Å². The summed E-state index contributed by atoms with van der Waals surface area (Å²) >= 11 is 3.09. The first-order chi connectivity index (χ1) is 9.81. The number of carbonyl (C=O) groups is 1. The van der Waals surface area contributed by atoms with Crippen molar-refractivity contribution in [3.8, 4) is 0 Å². The van der Waals surface area contributed by atoms with Crippen molar-refractivity contribution in [1.29, 1.82) is 0 Å². The molecule has 1 atom stereocenters. The molecule has 1 aromatic rings. The van der Waals surface area contributed by atoms with Gasteiger partial charge < -0.3 is 10.6 Å². The maximum absolute atomic E-state index is 13.2. The fourth-order valence-corrected chi connectivity index (χ4v) is 3.10. The normalized spacial score (nSPS) is 20.1. The number of amides is 1. The lowest BCUT2D eigenvalue weighted by atomic mass is 9.77. The van der Waals surface area contributed by atoms with Gasteiger partial charge in [-0.25, -0.2) is 8.78 Å². The van der Waals surface area contributed by atoms with Crippen LogP contribution in [0.4, 0.5) is 8.78 Å². The van der Waals surface area contributed by atoms with Gasteiger partial charge in [0.15, 0.2) is 11.6 Å². The van der Waals surface area contributed by atoms with Crippen molar-refractivity contribution in [3.05, 3.63) is 33.8 Å². The number of hydrogen-bond donors (Lipinski definition) is 2. The third-order valence-electron chi connectivity index (χ3n) is 4.05. The van der Waals surface area contributed by atoms with Crippen LogP contribution in [0.2, 0.25) is 0 Å². The maximum Gasteiger partial charge on any atom is 0.252 e.